The van der Waals surface area contributed by atoms with Gasteiger partial charge in [-0.1, -0.05) is 12.1 Å². The second kappa shape index (κ2) is 7.56. The number of carbonyl (C=O) groups excluding carboxylic acids is 1. The Kier molecular flexibility index (Phi) is 5.27. The molecule has 25 heavy (non-hydrogen) atoms. The fraction of sp³-hybridized carbons (Fsp3) is 0.0625. The lowest BCUT2D eigenvalue weighted by Crippen LogP contribution is -2.21. The van der Waals surface area contributed by atoms with E-state index < -0.39 is 23.4 Å². The summed E-state index contributed by atoms with van der Waals surface area (Å²) in [5.41, 5.74) is -0.355. The maximum atomic E-state index is 11.9. The Balaban J connectivity index is 2.08. The molecule has 126 valence electrons. The highest BCUT2D eigenvalue weighted by atomic mass is 16.6. The molecule has 2 aromatic carbocycles. The van der Waals surface area contributed by atoms with Gasteiger partial charge in [-0.15, -0.1) is 0 Å². The summed E-state index contributed by atoms with van der Waals surface area (Å²) in [4.78, 5) is 33.0. The molecule has 1 amide bonds. The van der Waals surface area contributed by atoms with Gasteiger partial charge in [0.15, 0.2) is 6.61 Å². The van der Waals surface area contributed by atoms with Crippen LogP contribution in [0.3, 0.4) is 0 Å². The number of nitriles is 1. The minimum absolute atomic E-state index is 0.0226. The molecule has 0 aliphatic heterocycles. The Morgan fingerprint density at radius 1 is 1.28 bits per heavy atom. The van der Waals surface area contributed by atoms with E-state index in [9.17, 15) is 19.7 Å². The van der Waals surface area contributed by atoms with Crippen LogP contribution >= 0.6 is 0 Å². The molecule has 0 aromatic heterocycles. The van der Waals surface area contributed by atoms with Gasteiger partial charge in [-0.2, -0.15) is 5.26 Å². The first kappa shape index (κ1) is 17.4. The first-order chi connectivity index (χ1) is 11.9. The maximum absolute atomic E-state index is 11.9. The van der Waals surface area contributed by atoms with Gasteiger partial charge in [-0.3, -0.25) is 14.9 Å². The molecule has 0 aliphatic rings. The Morgan fingerprint density at radius 2 is 2.00 bits per heavy atom. The molecular weight excluding hydrogens is 330 g/mol. The van der Waals surface area contributed by atoms with Crippen molar-refractivity contribution in [3.05, 3.63) is 63.7 Å². The standard InChI is InChI=1S/C16H11N3O6/c17-8-10-7-11(19(23)24)5-6-13(10)18-15(20)9-25-14-4-2-1-3-12(14)16(21)22/h1-7H,9H2,(H,18,20)(H,21,22). The number of non-ortho nitro benzene ring substituents is 1. The molecule has 2 rings (SSSR count). The number of carbonyl (C=O) groups is 2. The number of carboxylic acid groups (broad SMARTS) is 1. The number of nitrogens with zero attached hydrogens (tertiary/aromatic N) is 2. The number of nitrogens with one attached hydrogen (secondary N) is 1. The van der Waals surface area contributed by atoms with Crippen LogP contribution in [-0.2, 0) is 4.79 Å². The van der Waals surface area contributed by atoms with Crippen LogP contribution in [0.5, 0.6) is 5.75 Å². The van der Waals surface area contributed by atoms with Gasteiger partial charge in [0.2, 0.25) is 0 Å². The maximum Gasteiger partial charge on any atom is 0.339 e. The zero-order valence-corrected chi connectivity index (χ0v) is 12.6. The van der Waals surface area contributed by atoms with Crippen molar-refractivity contribution in [3.8, 4) is 11.8 Å². The summed E-state index contributed by atoms with van der Waals surface area (Å²) < 4.78 is 5.18. The monoisotopic (exact) mass is 341 g/mol. The van der Waals surface area contributed by atoms with Crippen molar-refractivity contribution in [1.82, 2.24) is 0 Å². The van der Waals surface area contributed by atoms with E-state index in [0.29, 0.717) is 0 Å². The molecule has 2 aromatic rings. The summed E-state index contributed by atoms with van der Waals surface area (Å²) in [6.45, 7) is -0.494. The first-order valence-corrected chi connectivity index (χ1v) is 6.86. The van der Waals surface area contributed by atoms with E-state index in [-0.39, 0.29) is 28.3 Å². The third kappa shape index (κ3) is 4.29. The number of benzene rings is 2. The summed E-state index contributed by atoms with van der Waals surface area (Å²) >= 11 is 0. The normalized spacial score (nSPS) is 9.72. The lowest BCUT2D eigenvalue weighted by atomic mass is 10.1. The highest BCUT2D eigenvalue weighted by Gasteiger charge is 2.15. The lowest BCUT2D eigenvalue weighted by Gasteiger charge is -2.10. The van der Waals surface area contributed by atoms with Gasteiger partial charge in [-0.05, 0) is 18.2 Å². The third-order valence-electron chi connectivity index (χ3n) is 3.08. The molecule has 0 spiro atoms. The van der Waals surface area contributed by atoms with Crippen molar-refractivity contribution in [2.45, 2.75) is 0 Å². The number of rotatable bonds is 6. The summed E-state index contributed by atoms with van der Waals surface area (Å²) in [5.74, 6) is -1.82. The van der Waals surface area contributed by atoms with Gasteiger partial charge in [0.25, 0.3) is 11.6 Å². The molecule has 0 saturated heterocycles. The van der Waals surface area contributed by atoms with Crippen LogP contribution in [0.25, 0.3) is 0 Å². The number of hydrogen-bond acceptors (Lipinski definition) is 6. The predicted octanol–water partition coefficient (Wildman–Crippen LogP) is 2.18. The quantitative estimate of drug-likeness (QED) is 0.605. The van der Waals surface area contributed by atoms with Crippen LogP contribution in [0.15, 0.2) is 42.5 Å². The molecule has 0 saturated carbocycles. The molecule has 0 radical (unpaired) electrons. The Morgan fingerprint density at radius 3 is 2.64 bits per heavy atom. The fourth-order valence-corrected chi connectivity index (χ4v) is 1.95. The van der Waals surface area contributed by atoms with Gasteiger partial charge < -0.3 is 15.2 Å². The second-order valence-electron chi connectivity index (χ2n) is 4.74. The smallest absolute Gasteiger partial charge is 0.339 e. The number of aromatic carboxylic acids is 1. The summed E-state index contributed by atoms with van der Waals surface area (Å²) in [5, 5.41) is 31.1. The number of nitro groups is 1. The lowest BCUT2D eigenvalue weighted by molar-refractivity contribution is -0.384. The van der Waals surface area contributed by atoms with Crippen LogP contribution in [0, 0.1) is 21.4 Å². The van der Waals surface area contributed by atoms with Gasteiger partial charge in [0, 0.05) is 12.1 Å². The zero-order valence-electron chi connectivity index (χ0n) is 12.6. The van der Waals surface area contributed by atoms with Gasteiger partial charge >= 0.3 is 5.97 Å². The average molecular weight is 341 g/mol. The topological polar surface area (TPSA) is 143 Å². The highest BCUT2D eigenvalue weighted by molar-refractivity contribution is 5.94. The SMILES string of the molecule is N#Cc1cc([N+](=O)[O-])ccc1NC(=O)COc1ccccc1C(=O)O. The predicted molar refractivity (Wildman–Crippen MR) is 85.3 cm³/mol. The van der Waals surface area contributed by atoms with Crippen molar-refractivity contribution in [2.75, 3.05) is 11.9 Å². The first-order valence-electron chi connectivity index (χ1n) is 6.86. The number of para-hydroxylation sites is 1. The van der Waals surface area contributed by atoms with E-state index in [2.05, 4.69) is 5.32 Å². The largest absolute Gasteiger partial charge is 0.483 e. The van der Waals surface area contributed by atoms with Crippen molar-refractivity contribution >= 4 is 23.3 Å². The molecule has 2 N–H and O–H groups in total. The second-order valence-corrected chi connectivity index (χ2v) is 4.74. The number of carboxylic acids is 1. The van der Waals surface area contributed by atoms with Crippen LogP contribution < -0.4 is 10.1 Å². The van der Waals surface area contributed by atoms with E-state index in [1.165, 1.54) is 24.3 Å². The Labute approximate surface area is 141 Å². The minimum Gasteiger partial charge on any atom is -0.483 e. The van der Waals surface area contributed by atoms with Crippen LogP contribution in [-0.4, -0.2) is 28.5 Å². The number of ether oxygens (including phenoxy) is 1. The fourth-order valence-electron chi connectivity index (χ4n) is 1.95. The summed E-state index contributed by atoms with van der Waals surface area (Å²) in [7, 11) is 0. The van der Waals surface area contributed by atoms with E-state index in [0.717, 1.165) is 12.1 Å². The number of amides is 1. The Bertz CT molecular complexity index is 888. The number of anilines is 1. The molecule has 0 atom stereocenters. The number of hydrogen-bond donors (Lipinski definition) is 2. The van der Waals surface area contributed by atoms with E-state index >= 15 is 0 Å². The molecule has 9 nitrogen and oxygen atoms in total. The molecule has 0 bridgehead atoms. The number of nitro benzene ring substituents is 1. The molecule has 9 heteroatoms. The average Bonchev–Trinajstić information content (AvgIpc) is 2.60. The van der Waals surface area contributed by atoms with Crippen molar-refractivity contribution in [3.63, 3.8) is 0 Å². The van der Waals surface area contributed by atoms with Gasteiger partial charge in [-0.25, -0.2) is 4.79 Å². The zero-order chi connectivity index (χ0) is 18.4. The van der Waals surface area contributed by atoms with Crippen LogP contribution in [0.2, 0.25) is 0 Å². The molecular formula is C16H11N3O6. The van der Waals surface area contributed by atoms with Gasteiger partial charge in [0.05, 0.1) is 16.2 Å². The molecule has 0 aliphatic carbocycles. The van der Waals surface area contributed by atoms with Crippen molar-refractivity contribution in [2.24, 2.45) is 0 Å². The van der Waals surface area contributed by atoms with E-state index in [1.807, 2.05) is 0 Å². The molecule has 0 fully saturated rings. The Hall–Kier alpha value is -3.93. The van der Waals surface area contributed by atoms with E-state index in [4.69, 9.17) is 15.1 Å². The van der Waals surface area contributed by atoms with E-state index in [1.54, 1.807) is 12.1 Å². The van der Waals surface area contributed by atoms with Gasteiger partial charge in [0.1, 0.15) is 17.4 Å². The van der Waals surface area contributed by atoms with Crippen molar-refractivity contribution in [1.29, 1.82) is 5.26 Å². The highest BCUT2D eigenvalue weighted by Crippen LogP contribution is 2.22. The molecule has 0 unspecified atom stereocenters. The van der Waals surface area contributed by atoms with Crippen LogP contribution in [0.4, 0.5) is 11.4 Å². The third-order valence-corrected chi connectivity index (χ3v) is 3.08. The van der Waals surface area contributed by atoms with Crippen molar-refractivity contribution < 1.29 is 24.4 Å². The summed E-state index contributed by atoms with van der Waals surface area (Å²) in [6.07, 6.45) is 0. The van der Waals surface area contributed by atoms with Crippen LogP contribution in [0.1, 0.15) is 15.9 Å². The minimum atomic E-state index is -1.20. The summed E-state index contributed by atoms with van der Waals surface area (Å²) in [6, 6.07) is 11.0. The molecule has 0 heterocycles.